The van der Waals surface area contributed by atoms with E-state index in [1.165, 1.54) is 24.1 Å². The normalized spacial score (nSPS) is 18.6. The third-order valence-corrected chi connectivity index (χ3v) is 14.3. The summed E-state index contributed by atoms with van der Waals surface area (Å²) in [5, 5.41) is 19.0. The number of nitrogens with zero attached hydrogens (tertiary/aromatic N) is 5. The lowest BCUT2D eigenvalue weighted by Crippen LogP contribution is -2.56. The van der Waals surface area contributed by atoms with E-state index in [4.69, 9.17) is 18.9 Å². The van der Waals surface area contributed by atoms with Crippen LogP contribution in [0.2, 0.25) is 0 Å². The van der Waals surface area contributed by atoms with Gasteiger partial charge < -0.3 is 49.9 Å². The predicted molar refractivity (Wildman–Crippen MR) is 303 cm³/mol. The summed E-state index contributed by atoms with van der Waals surface area (Å²) in [5.74, 6) is -3.74. The lowest BCUT2D eigenvalue weighted by Gasteiger charge is -2.31. The molecule has 0 saturated carbocycles. The Morgan fingerprint density at radius 3 is 2.15 bits per heavy atom. The van der Waals surface area contributed by atoms with Crippen LogP contribution in [0.15, 0.2) is 89.2 Å². The molecule has 3 aromatic rings. The number of hydrazine groups is 1. The molecular weight excluding hydrogens is 1060 g/mol. The molecule has 0 fully saturated rings. The van der Waals surface area contributed by atoms with Crippen molar-refractivity contribution in [1.29, 1.82) is 0 Å². The minimum atomic E-state index is -1.51. The van der Waals surface area contributed by atoms with Crippen LogP contribution in [-0.2, 0) is 40.1 Å². The number of anilines is 2. The number of ether oxygens (including phenoxy) is 4. The predicted octanol–water partition coefficient (Wildman–Crippen LogP) is 5.07. The van der Waals surface area contributed by atoms with Crippen LogP contribution in [0, 0.1) is 12.8 Å². The van der Waals surface area contributed by atoms with E-state index in [-0.39, 0.29) is 63.7 Å². The number of rotatable bonds is 23. The summed E-state index contributed by atoms with van der Waals surface area (Å²) in [5.41, 5.74) is 10.9. The maximum Gasteiger partial charge on any atom is 0.416 e. The Morgan fingerprint density at radius 2 is 1.45 bits per heavy atom. The maximum atomic E-state index is 14.2. The number of aliphatic hydroxyl groups excluding tert-OH is 1. The van der Waals surface area contributed by atoms with Gasteiger partial charge >= 0.3 is 6.09 Å². The van der Waals surface area contributed by atoms with Gasteiger partial charge in [-0.05, 0) is 101 Å². The molecule has 24 heteroatoms. The number of methoxy groups -OCH3 is 1. The highest BCUT2D eigenvalue weighted by Gasteiger charge is 2.45. The van der Waals surface area contributed by atoms with Crippen molar-refractivity contribution in [1.82, 2.24) is 36.1 Å². The number of benzene rings is 3. The molecule has 5 aliphatic heterocycles. The van der Waals surface area contributed by atoms with Crippen molar-refractivity contribution < 1.29 is 70.1 Å². The zero-order chi connectivity index (χ0) is 58.9. The molecule has 5 atom stereocenters. The van der Waals surface area contributed by atoms with E-state index in [0.29, 0.717) is 54.1 Å². The van der Waals surface area contributed by atoms with Gasteiger partial charge in [0.2, 0.25) is 23.6 Å². The number of carbonyl (C=O) groups excluding carboxylic acids is 9. The summed E-state index contributed by atoms with van der Waals surface area (Å²) < 4.78 is 23.8. The number of amides is 9. The first-order valence-electron chi connectivity index (χ1n) is 27.1. The molecule has 0 aromatic heterocycles. The van der Waals surface area contributed by atoms with Gasteiger partial charge in [-0.15, -0.1) is 0 Å². The van der Waals surface area contributed by atoms with Gasteiger partial charge in [-0.25, -0.2) is 15.1 Å². The Bertz CT molecular complexity index is 3150. The third kappa shape index (κ3) is 13.8. The van der Waals surface area contributed by atoms with E-state index in [9.17, 15) is 48.3 Å². The van der Waals surface area contributed by atoms with Crippen molar-refractivity contribution in [2.24, 2.45) is 10.9 Å². The van der Waals surface area contributed by atoms with E-state index >= 15 is 0 Å². The van der Waals surface area contributed by atoms with E-state index < -0.39 is 84.3 Å². The Labute approximate surface area is 476 Å². The topological polar surface area (TPSA) is 296 Å². The van der Waals surface area contributed by atoms with Crippen LogP contribution >= 0.6 is 0 Å². The number of aliphatic hydroxyl groups is 1. The van der Waals surface area contributed by atoms with Gasteiger partial charge in [0, 0.05) is 64.4 Å². The molecule has 0 saturated heterocycles. The van der Waals surface area contributed by atoms with Gasteiger partial charge in [0.25, 0.3) is 23.6 Å². The second kappa shape index (κ2) is 26.1. The van der Waals surface area contributed by atoms with Crippen molar-refractivity contribution in [2.75, 3.05) is 43.7 Å². The highest BCUT2D eigenvalue weighted by Crippen LogP contribution is 2.42. The molecule has 438 valence electrons. The van der Waals surface area contributed by atoms with Crippen molar-refractivity contribution in [2.45, 2.75) is 117 Å². The molecule has 9 amide bonds. The van der Waals surface area contributed by atoms with Crippen molar-refractivity contribution in [3.8, 4) is 17.2 Å². The van der Waals surface area contributed by atoms with E-state index in [1.54, 1.807) is 56.1 Å². The number of aryl methyl sites for hydroxylation is 1. The zero-order valence-electron chi connectivity index (χ0n) is 46.7. The van der Waals surface area contributed by atoms with Gasteiger partial charge in [0.05, 0.1) is 61.5 Å². The van der Waals surface area contributed by atoms with Crippen LogP contribution < -0.4 is 45.9 Å². The van der Waals surface area contributed by atoms with Gasteiger partial charge in [-0.3, -0.25) is 53.6 Å². The Balaban J connectivity index is 0.00000566. The molecule has 0 spiro atoms. The SMILES string of the molecule is COc1cc2c(cc1OCCCCCOc1cc3c(cc1C)C(=O)N1C=C(C)C[C@H]1C=N3)N(C(=O)OCc1ccc(NNC(C)C(=O)N[C@H](C(=O)NC(=O)CNC(=O)CCN3C(=O)C=CC3=O)C(C)C)cc1)[C@@H](O)[C@@H]1CC(C)=CN1C2=O.[HH].[HH]. The third-order valence-electron chi connectivity index (χ3n) is 14.3. The minimum absolute atomic E-state index is 0. The van der Waals surface area contributed by atoms with Crippen LogP contribution in [0.25, 0.3) is 0 Å². The van der Waals surface area contributed by atoms with Crippen molar-refractivity contribution in [3.05, 3.63) is 106 Å². The standard InChI is InChI=1S/C58H68N10O14.2H2/c1-32(2)52(54(74)61-49(70)28-60-48(69)17-18-65-50(71)15-16-51(65)72)62-53(73)36(6)63-64-38-13-11-37(12-14-38)31-82-58(78)68-43-26-47(46(79-7)24-41(43)56(76)67-30-34(4)22-44(67)57(68)77)81-20-10-8-9-19-80-45-25-42-40(23-35(45)5)55(75)66-29-33(3)21-39(66)27-59-42;;/h11-16,23-27,29-30,32,36,39,44,52,57,63-64,77H,8-10,17-22,28,31H2,1-7H3,(H,60,69)(H,62,73)(H,61,70,74);2*1H/t36?,39-,44-,52-,57-;;/m0../s1. The molecule has 5 aliphatic rings. The number of unbranched alkanes of at least 4 members (excludes halogenated alkanes) is 2. The summed E-state index contributed by atoms with van der Waals surface area (Å²) in [7, 11) is 1.45. The molecule has 82 heavy (non-hydrogen) atoms. The molecule has 6 N–H and O–H groups in total. The lowest BCUT2D eigenvalue weighted by molar-refractivity contribution is -0.138. The average Bonchev–Trinajstić information content (AvgIpc) is 2.17. The smallest absolute Gasteiger partial charge is 0.416 e. The number of nitrogens with one attached hydrogen (secondary N) is 5. The average molecular weight is 1130 g/mol. The molecule has 24 nitrogen and oxygen atoms in total. The summed E-state index contributed by atoms with van der Waals surface area (Å²) >= 11 is 0. The summed E-state index contributed by atoms with van der Waals surface area (Å²) in [6.07, 6.45) is 7.98. The number of hydrogen-bond donors (Lipinski definition) is 6. The first-order valence-corrected chi connectivity index (χ1v) is 27.1. The van der Waals surface area contributed by atoms with E-state index in [0.717, 1.165) is 51.5 Å². The van der Waals surface area contributed by atoms with Crippen LogP contribution in [0.4, 0.5) is 21.9 Å². The first-order chi connectivity index (χ1) is 39.2. The Hall–Kier alpha value is -8.90. The molecule has 0 bridgehead atoms. The van der Waals surface area contributed by atoms with Gasteiger partial charge in [-0.1, -0.05) is 37.1 Å². The van der Waals surface area contributed by atoms with Crippen molar-refractivity contribution >= 4 is 76.6 Å². The fraction of sp³-hybridized carbons (Fsp3) is 0.414. The van der Waals surface area contributed by atoms with Crippen LogP contribution in [0.5, 0.6) is 17.2 Å². The largest absolute Gasteiger partial charge is 0.493 e. The van der Waals surface area contributed by atoms with Crippen LogP contribution in [0.1, 0.15) is 108 Å². The zero-order valence-corrected chi connectivity index (χ0v) is 46.7. The molecule has 1 unspecified atom stereocenters. The second-order valence-corrected chi connectivity index (χ2v) is 21.0. The monoisotopic (exact) mass is 1130 g/mol. The first kappa shape index (κ1) is 59.2. The number of carbonyl (C=O) groups is 9. The van der Waals surface area contributed by atoms with Gasteiger partial charge in [0.1, 0.15) is 24.4 Å². The van der Waals surface area contributed by atoms with Crippen LogP contribution in [0.3, 0.4) is 0 Å². The Kier molecular flexibility index (Phi) is 18.9. The van der Waals surface area contributed by atoms with Crippen LogP contribution in [-0.4, -0.2) is 143 Å². The maximum absolute atomic E-state index is 14.2. The summed E-state index contributed by atoms with van der Waals surface area (Å²) in [6.45, 7) is 10.3. The molecular formula is C58H72N10O14. The molecule has 5 heterocycles. The molecule has 3 aromatic carbocycles. The minimum Gasteiger partial charge on any atom is -0.493 e. The van der Waals surface area contributed by atoms with E-state index in [2.05, 4.69) is 31.8 Å². The molecule has 8 rings (SSSR count). The molecule has 0 radical (unpaired) electrons. The second-order valence-electron chi connectivity index (χ2n) is 21.0. The number of aliphatic imine (C=N–C) groups is 1. The summed E-state index contributed by atoms with van der Waals surface area (Å²) in [6, 6.07) is 10.4. The number of imide groups is 2. The fourth-order valence-electron chi connectivity index (χ4n) is 9.79. The quantitative estimate of drug-likeness (QED) is 0.0410. The van der Waals surface area contributed by atoms with Gasteiger partial charge in [0.15, 0.2) is 17.7 Å². The lowest BCUT2D eigenvalue weighted by atomic mass is 10.0. The molecule has 0 aliphatic carbocycles. The summed E-state index contributed by atoms with van der Waals surface area (Å²) in [4.78, 5) is 126. The Morgan fingerprint density at radius 1 is 0.780 bits per heavy atom. The highest BCUT2D eigenvalue weighted by atomic mass is 16.6. The van der Waals surface area contributed by atoms with Crippen molar-refractivity contribution in [3.63, 3.8) is 0 Å². The number of hydrogen-bond acceptors (Lipinski definition) is 17. The van der Waals surface area contributed by atoms with E-state index in [1.807, 2.05) is 45.3 Å². The number of fused-ring (bicyclic) bond motifs is 4. The fourth-order valence-corrected chi connectivity index (χ4v) is 9.79. The van der Waals surface area contributed by atoms with Gasteiger partial charge in [-0.2, -0.15) is 0 Å². The highest BCUT2D eigenvalue weighted by molar-refractivity contribution is 6.13.